The van der Waals surface area contributed by atoms with E-state index in [2.05, 4.69) is 32.9 Å². The molecule has 2 aromatic rings. The minimum Gasteiger partial charge on any atom is -0.508 e. The Morgan fingerprint density at radius 2 is 1.78 bits per heavy atom. The van der Waals surface area contributed by atoms with E-state index >= 15 is 0 Å². The number of carbonyl (C=O) groups excluding carboxylic acids is 1. The second kappa shape index (κ2) is 7.63. The molecular formula is C23H28O4. The smallest absolute Gasteiger partial charge is 0.342 e. The summed E-state index contributed by atoms with van der Waals surface area (Å²) in [7, 11) is 0. The summed E-state index contributed by atoms with van der Waals surface area (Å²) < 4.78 is 5.89. The molecule has 3 rings (SSSR count). The number of rotatable bonds is 4. The van der Waals surface area contributed by atoms with Crippen LogP contribution in [0, 0.1) is 11.8 Å². The van der Waals surface area contributed by atoms with Gasteiger partial charge in [0, 0.05) is 5.92 Å². The molecule has 1 saturated carbocycles. The number of carbonyl (C=O) groups is 1. The topological polar surface area (TPSA) is 66.8 Å². The van der Waals surface area contributed by atoms with E-state index in [0.29, 0.717) is 5.92 Å². The Kier molecular flexibility index (Phi) is 5.45. The lowest BCUT2D eigenvalue weighted by atomic mass is 9.64. The summed E-state index contributed by atoms with van der Waals surface area (Å²) >= 11 is 0. The van der Waals surface area contributed by atoms with Gasteiger partial charge < -0.3 is 14.9 Å². The van der Waals surface area contributed by atoms with Crippen molar-refractivity contribution >= 4 is 5.97 Å². The van der Waals surface area contributed by atoms with Gasteiger partial charge in [-0.25, -0.2) is 4.79 Å². The van der Waals surface area contributed by atoms with Crippen LogP contribution in [0.15, 0.2) is 48.5 Å². The molecule has 2 aromatic carbocycles. The maximum Gasteiger partial charge on any atom is 0.342 e. The standard InChI is InChI=1S/C23H28O4/c1-15-9-11-19(23(2,3)16-7-5-4-6-8-16)21(13-15)27-22(26)18-14-17(24)10-12-20(18)25/h4-8,10,12,14-15,19,21,24-25H,9,11,13H2,1-3H3/t15-,19-,21-/m1/s1. The third-order valence-corrected chi connectivity index (χ3v) is 5.96. The Labute approximate surface area is 160 Å². The fourth-order valence-electron chi connectivity index (χ4n) is 4.25. The molecule has 3 atom stereocenters. The molecule has 2 N–H and O–H groups in total. The normalized spacial score (nSPS) is 23.0. The molecule has 0 amide bonds. The Balaban J connectivity index is 1.86. The van der Waals surface area contributed by atoms with Crippen LogP contribution in [0.4, 0.5) is 0 Å². The summed E-state index contributed by atoms with van der Waals surface area (Å²) in [5.74, 6) is -0.183. The van der Waals surface area contributed by atoms with Gasteiger partial charge in [-0.05, 0) is 47.9 Å². The molecule has 1 aliphatic rings. The molecule has 27 heavy (non-hydrogen) atoms. The van der Waals surface area contributed by atoms with Crippen LogP contribution in [-0.2, 0) is 10.2 Å². The van der Waals surface area contributed by atoms with Crippen molar-refractivity contribution in [3.05, 3.63) is 59.7 Å². The minimum atomic E-state index is -0.587. The first-order valence-corrected chi connectivity index (χ1v) is 9.57. The zero-order valence-electron chi connectivity index (χ0n) is 16.2. The fraction of sp³-hybridized carbons (Fsp3) is 0.435. The van der Waals surface area contributed by atoms with E-state index in [4.69, 9.17) is 4.74 Å². The summed E-state index contributed by atoms with van der Waals surface area (Å²) in [5.41, 5.74) is 1.09. The Hall–Kier alpha value is -2.49. The second-order valence-electron chi connectivity index (χ2n) is 8.26. The van der Waals surface area contributed by atoms with E-state index in [1.807, 2.05) is 18.2 Å². The maximum atomic E-state index is 12.7. The SMILES string of the molecule is C[C@@H]1CC[C@@H](C(C)(C)c2ccccc2)[C@H](OC(=O)c2cc(O)ccc2O)C1. The molecule has 1 fully saturated rings. The van der Waals surface area contributed by atoms with E-state index in [1.165, 1.54) is 23.8 Å². The van der Waals surface area contributed by atoms with Gasteiger partial charge in [0.25, 0.3) is 0 Å². The molecule has 0 saturated heterocycles. The minimum absolute atomic E-state index is 0.00416. The number of phenols is 2. The predicted molar refractivity (Wildman–Crippen MR) is 105 cm³/mol. The summed E-state index contributed by atoms with van der Waals surface area (Å²) in [6.07, 6.45) is 2.64. The Morgan fingerprint density at radius 3 is 2.48 bits per heavy atom. The van der Waals surface area contributed by atoms with Gasteiger partial charge in [-0.1, -0.05) is 57.5 Å². The van der Waals surface area contributed by atoms with Crippen LogP contribution >= 0.6 is 0 Å². The highest BCUT2D eigenvalue weighted by atomic mass is 16.5. The van der Waals surface area contributed by atoms with Gasteiger partial charge in [-0.2, -0.15) is 0 Å². The zero-order chi connectivity index (χ0) is 19.6. The zero-order valence-corrected chi connectivity index (χ0v) is 16.2. The van der Waals surface area contributed by atoms with Crippen molar-refractivity contribution in [2.45, 2.75) is 51.6 Å². The molecule has 144 valence electrons. The number of esters is 1. The van der Waals surface area contributed by atoms with Crippen molar-refractivity contribution in [2.75, 3.05) is 0 Å². The number of phenolic OH excluding ortho intramolecular Hbond substituents is 2. The van der Waals surface area contributed by atoms with Crippen molar-refractivity contribution in [3.8, 4) is 11.5 Å². The molecule has 1 aliphatic carbocycles. The third kappa shape index (κ3) is 4.10. The van der Waals surface area contributed by atoms with Crippen LogP contribution in [0.5, 0.6) is 11.5 Å². The molecular weight excluding hydrogens is 340 g/mol. The number of hydrogen-bond donors (Lipinski definition) is 2. The van der Waals surface area contributed by atoms with Crippen molar-refractivity contribution in [2.24, 2.45) is 11.8 Å². The largest absolute Gasteiger partial charge is 0.508 e. The maximum absolute atomic E-state index is 12.7. The van der Waals surface area contributed by atoms with Crippen molar-refractivity contribution in [3.63, 3.8) is 0 Å². The summed E-state index contributed by atoms with van der Waals surface area (Å²) in [6.45, 7) is 6.59. The van der Waals surface area contributed by atoms with E-state index in [9.17, 15) is 15.0 Å². The average molecular weight is 368 g/mol. The van der Waals surface area contributed by atoms with Gasteiger partial charge in [-0.3, -0.25) is 0 Å². The highest BCUT2D eigenvalue weighted by Crippen LogP contribution is 2.44. The van der Waals surface area contributed by atoms with Gasteiger partial charge in [0.15, 0.2) is 0 Å². The van der Waals surface area contributed by atoms with Crippen LogP contribution < -0.4 is 0 Å². The van der Waals surface area contributed by atoms with Crippen LogP contribution in [0.1, 0.15) is 56.0 Å². The number of ether oxygens (including phenoxy) is 1. The molecule has 0 spiro atoms. The van der Waals surface area contributed by atoms with E-state index < -0.39 is 5.97 Å². The molecule has 0 bridgehead atoms. The third-order valence-electron chi connectivity index (χ3n) is 5.96. The lowest BCUT2D eigenvalue weighted by Crippen LogP contribution is -2.43. The van der Waals surface area contributed by atoms with Crippen LogP contribution in [0.25, 0.3) is 0 Å². The molecule has 0 radical (unpaired) electrons. The van der Waals surface area contributed by atoms with Gasteiger partial charge in [0.1, 0.15) is 23.2 Å². The van der Waals surface area contributed by atoms with E-state index in [1.54, 1.807) is 0 Å². The summed E-state index contributed by atoms with van der Waals surface area (Å²) in [4.78, 5) is 12.7. The lowest BCUT2D eigenvalue weighted by Gasteiger charge is -2.44. The first kappa shape index (κ1) is 19.3. The summed E-state index contributed by atoms with van der Waals surface area (Å²) in [6, 6.07) is 14.2. The van der Waals surface area contributed by atoms with E-state index in [-0.39, 0.29) is 34.5 Å². The van der Waals surface area contributed by atoms with Gasteiger partial charge in [0.05, 0.1) is 0 Å². The Bertz CT molecular complexity index is 797. The van der Waals surface area contributed by atoms with Gasteiger partial charge >= 0.3 is 5.97 Å². The molecule has 0 unspecified atom stereocenters. The van der Waals surface area contributed by atoms with Crippen LogP contribution in [-0.4, -0.2) is 22.3 Å². The number of benzene rings is 2. The van der Waals surface area contributed by atoms with Crippen molar-refractivity contribution < 1.29 is 19.7 Å². The van der Waals surface area contributed by atoms with Crippen molar-refractivity contribution in [1.29, 1.82) is 0 Å². The molecule has 4 heteroatoms. The quantitative estimate of drug-likeness (QED) is 0.586. The number of hydrogen-bond acceptors (Lipinski definition) is 4. The molecule has 0 aliphatic heterocycles. The first-order valence-electron chi connectivity index (χ1n) is 9.57. The number of aromatic hydroxyl groups is 2. The summed E-state index contributed by atoms with van der Waals surface area (Å²) in [5, 5.41) is 19.6. The molecule has 0 aromatic heterocycles. The second-order valence-corrected chi connectivity index (χ2v) is 8.26. The average Bonchev–Trinajstić information content (AvgIpc) is 2.64. The monoisotopic (exact) mass is 368 g/mol. The first-order chi connectivity index (χ1) is 12.8. The predicted octanol–water partition coefficient (Wildman–Crippen LogP) is 5.04. The van der Waals surface area contributed by atoms with Gasteiger partial charge in [-0.15, -0.1) is 0 Å². The van der Waals surface area contributed by atoms with Gasteiger partial charge in [0.2, 0.25) is 0 Å². The van der Waals surface area contributed by atoms with Crippen LogP contribution in [0.3, 0.4) is 0 Å². The molecule has 0 heterocycles. The Morgan fingerprint density at radius 1 is 1.07 bits per heavy atom. The highest BCUT2D eigenvalue weighted by Gasteiger charge is 2.42. The highest BCUT2D eigenvalue weighted by molar-refractivity contribution is 5.93. The molecule has 4 nitrogen and oxygen atoms in total. The fourth-order valence-corrected chi connectivity index (χ4v) is 4.25. The van der Waals surface area contributed by atoms with Crippen molar-refractivity contribution in [1.82, 2.24) is 0 Å². The van der Waals surface area contributed by atoms with Crippen LogP contribution in [0.2, 0.25) is 0 Å². The van der Waals surface area contributed by atoms with E-state index in [0.717, 1.165) is 19.3 Å². The lowest BCUT2D eigenvalue weighted by molar-refractivity contribution is -0.0238.